The lowest BCUT2D eigenvalue weighted by atomic mass is 10.1. The minimum Gasteiger partial charge on any atom is -0.491 e. The fourth-order valence-electron chi connectivity index (χ4n) is 3.07. The number of carbonyl (C=O) groups excluding carboxylic acids is 1. The fourth-order valence-corrected chi connectivity index (χ4v) is 3.07. The molecule has 0 spiro atoms. The lowest BCUT2D eigenvalue weighted by Crippen LogP contribution is -2.50. The number of ether oxygens (including phenoxy) is 1. The molecule has 1 aromatic heterocycles. The number of benzene rings is 2. The van der Waals surface area contributed by atoms with Crippen molar-refractivity contribution in [3.63, 3.8) is 0 Å². The Kier molecular flexibility index (Phi) is 4.58. The van der Waals surface area contributed by atoms with Gasteiger partial charge in [0, 0.05) is 24.2 Å². The molecule has 7 heteroatoms. The number of likely N-dealkylation sites (tertiary alicyclic amines) is 1. The molecule has 2 heterocycles. The van der Waals surface area contributed by atoms with E-state index in [1.165, 1.54) is 6.07 Å². The first-order chi connectivity index (χ1) is 13.2. The van der Waals surface area contributed by atoms with Gasteiger partial charge in [-0.3, -0.25) is 4.79 Å². The van der Waals surface area contributed by atoms with Crippen LogP contribution in [0.3, 0.4) is 0 Å². The first-order valence-corrected chi connectivity index (χ1v) is 8.84. The van der Waals surface area contributed by atoms with E-state index < -0.39 is 5.82 Å². The third-order valence-corrected chi connectivity index (χ3v) is 4.58. The maximum atomic E-state index is 14.0. The number of hydrogen-bond acceptors (Lipinski definition) is 4. The highest BCUT2D eigenvalue weighted by Crippen LogP contribution is 2.27. The average molecular weight is 366 g/mol. The lowest BCUT2D eigenvalue weighted by molar-refractivity contribution is 0.0498. The van der Waals surface area contributed by atoms with E-state index in [9.17, 15) is 9.18 Å². The smallest absolute Gasteiger partial charge is 0.253 e. The molecule has 0 saturated carbocycles. The molecule has 2 aromatic carbocycles. The van der Waals surface area contributed by atoms with Gasteiger partial charge in [-0.2, -0.15) is 0 Å². The van der Waals surface area contributed by atoms with E-state index in [0.717, 1.165) is 0 Å². The highest BCUT2D eigenvalue weighted by molar-refractivity contribution is 5.94. The molecule has 1 aliphatic rings. The van der Waals surface area contributed by atoms with Gasteiger partial charge in [0.05, 0.1) is 18.8 Å². The van der Waals surface area contributed by atoms with Gasteiger partial charge >= 0.3 is 0 Å². The summed E-state index contributed by atoms with van der Waals surface area (Å²) in [5.41, 5.74) is 1.91. The molecule has 0 radical (unpaired) electrons. The Morgan fingerprint density at radius 1 is 1.22 bits per heavy atom. The first-order valence-electron chi connectivity index (χ1n) is 8.84. The molecule has 0 bridgehead atoms. The van der Waals surface area contributed by atoms with Crippen LogP contribution in [0.25, 0.3) is 11.3 Å². The number of halogens is 1. The molecule has 6 nitrogen and oxygen atoms in total. The van der Waals surface area contributed by atoms with Crippen LogP contribution in [-0.4, -0.2) is 45.5 Å². The van der Waals surface area contributed by atoms with Crippen molar-refractivity contribution in [3.8, 4) is 17.0 Å². The second kappa shape index (κ2) is 7.19. The summed E-state index contributed by atoms with van der Waals surface area (Å²) in [6.07, 6.45) is 1.78. The Morgan fingerprint density at radius 2 is 2.00 bits per heavy atom. The zero-order valence-corrected chi connectivity index (χ0v) is 14.9. The SMILES string of the molecule is CCOc1ccc(-c2cn(C3CN(C(=O)c4ccccc4)C3)nn2)cc1F. The fraction of sp³-hybridized carbons (Fsp3) is 0.250. The zero-order chi connectivity index (χ0) is 18.8. The summed E-state index contributed by atoms with van der Waals surface area (Å²) < 4.78 is 21.0. The van der Waals surface area contributed by atoms with Gasteiger partial charge in [0.25, 0.3) is 5.91 Å². The number of aromatic nitrogens is 3. The summed E-state index contributed by atoms with van der Waals surface area (Å²) in [6.45, 7) is 3.37. The second-order valence-electron chi connectivity index (χ2n) is 6.39. The van der Waals surface area contributed by atoms with Crippen molar-refractivity contribution in [2.75, 3.05) is 19.7 Å². The predicted molar refractivity (Wildman–Crippen MR) is 98.0 cm³/mol. The van der Waals surface area contributed by atoms with Gasteiger partial charge in [-0.15, -0.1) is 5.10 Å². The zero-order valence-electron chi connectivity index (χ0n) is 14.9. The Bertz CT molecular complexity index is 952. The van der Waals surface area contributed by atoms with Crippen LogP contribution in [0, 0.1) is 5.82 Å². The van der Waals surface area contributed by atoms with Gasteiger partial charge in [0.2, 0.25) is 0 Å². The largest absolute Gasteiger partial charge is 0.491 e. The van der Waals surface area contributed by atoms with Crippen molar-refractivity contribution < 1.29 is 13.9 Å². The summed E-state index contributed by atoms with van der Waals surface area (Å²) >= 11 is 0. The molecule has 1 saturated heterocycles. The molecule has 0 N–H and O–H groups in total. The molecule has 3 aromatic rings. The van der Waals surface area contributed by atoms with Crippen molar-refractivity contribution in [2.45, 2.75) is 13.0 Å². The maximum Gasteiger partial charge on any atom is 0.253 e. The van der Waals surface area contributed by atoms with Crippen LogP contribution in [0.4, 0.5) is 4.39 Å². The molecule has 4 rings (SSSR count). The summed E-state index contributed by atoms with van der Waals surface area (Å²) in [6, 6.07) is 14.0. The maximum absolute atomic E-state index is 14.0. The quantitative estimate of drug-likeness (QED) is 0.696. The van der Waals surface area contributed by atoms with E-state index >= 15 is 0 Å². The lowest BCUT2D eigenvalue weighted by Gasteiger charge is -2.38. The molecule has 1 amide bonds. The molecule has 0 atom stereocenters. The van der Waals surface area contributed by atoms with E-state index in [1.54, 1.807) is 27.9 Å². The number of rotatable bonds is 5. The second-order valence-corrected chi connectivity index (χ2v) is 6.39. The van der Waals surface area contributed by atoms with Crippen LogP contribution in [0.15, 0.2) is 54.7 Å². The van der Waals surface area contributed by atoms with Crippen molar-refractivity contribution in [1.29, 1.82) is 0 Å². The summed E-state index contributed by atoms with van der Waals surface area (Å²) in [7, 11) is 0. The molecule has 1 aliphatic heterocycles. The minimum atomic E-state index is -0.424. The number of hydrogen-bond donors (Lipinski definition) is 0. The van der Waals surface area contributed by atoms with E-state index in [0.29, 0.717) is 36.5 Å². The van der Waals surface area contributed by atoms with Crippen LogP contribution in [-0.2, 0) is 0 Å². The van der Waals surface area contributed by atoms with Crippen LogP contribution in [0.1, 0.15) is 23.3 Å². The molecule has 0 aliphatic carbocycles. The number of nitrogens with zero attached hydrogens (tertiary/aromatic N) is 4. The Balaban J connectivity index is 1.42. The van der Waals surface area contributed by atoms with E-state index in [-0.39, 0.29) is 17.7 Å². The Labute approximate surface area is 156 Å². The average Bonchev–Trinajstić information content (AvgIpc) is 3.12. The number of amides is 1. The summed E-state index contributed by atoms with van der Waals surface area (Å²) in [5, 5.41) is 8.28. The van der Waals surface area contributed by atoms with Gasteiger partial charge in [-0.25, -0.2) is 9.07 Å². The molecular weight excluding hydrogens is 347 g/mol. The minimum absolute atomic E-state index is 0.0146. The third kappa shape index (κ3) is 3.40. The molecule has 27 heavy (non-hydrogen) atoms. The highest BCUT2D eigenvalue weighted by Gasteiger charge is 2.33. The van der Waals surface area contributed by atoms with Crippen LogP contribution in [0.2, 0.25) is 0 Å². The van der Waals surface area contributed by atoms with E-state index in [4.69, 9.17) is 4.74 Å². The molecular formula is C20H19FN4O2. The standard InChI is InChI=1S/C20H19FN4O2/c1-2-27-19-9-8-15(10-17(19)21)18-13-25(23-22-18)16-11-24(12-16)20(26)14-6-4-3-5-7-14/h3-10,13,16H,2,11-12H2,1H3. The normalized spacial score (nSPS) is 14.1. The van der Waals surface area contributed by atoms with Gasteiger partial charge in [0.15, 0.2) is 11.6 Å². The van der Waals surface area contributed by atoms with Crippen molar-refractivity contribution in [3.05, 3.63) is 66.1 Å². The Morgan fingerprint density at radius 3 is 2.70 bits per heavy atom. The van der Waals surface area contributed by atoms with Gasteiger partial charge in [-0.1, -0.05) is 23.4 Å². The van der Waals surface area contributed by atoms with Gasteiger partial charge in [-0.05, 0) is 37.3 Å². The van der Waals surface area contributed by atoms with Crippen molar-refractivity contribution in [1.82, 2.24) is 19.9 Å². The van der Waals surface area contributed by atoms with Crippen LogP contribution < -0.4 is 4.74 Å². The molecule has 0 unspecified atom stereocenters. The van der Waals surface area contributed by atoms with E-state index in [2.05, 4.69) is 10.3 Å². The Hall–Kier alpha value is -3.22. The third-order valence-electron chi connectivity index (χ3n) is 4.58. The molecule has 1 fully saturated rings. The van der Waals surface area contributed by atoms with E-state index in [1.807, 2.05) is 37.3 Å². The molecule has 138 valence electrons. The van der Waals surface area contributed by atoms with Gasteiger partial charge in [0.1, 0.15) is 5.69 Å². The highest BCUT2D eigenvalue weighted by atomic mass is 19.1. The number of carbonyl (C=O) groups is 1. The van der Waals surface area contributed by atoms with Crippen LogP contribution >= 0.6 is 0 Å². The summed E-state index contributed by atoms with van der Waals surface area (Å²) in [5.74, 6) is -0.185. The monoisotopic (exact) mass is 366 g/mol. The van der Waals surface area contributed by atoms with Gasteiger partial charge < -0.3 is 9.64 Å². The van der Waals surface area contributed by atoms with Crippen molar-refractivity contribution in [2.24, 2.45) is 0 Å². The van der Waals surface area contributed by atoms with Crippen molar-refractivity contribution >= 4 is 5.91 Å². The predicted octanol–water partition coefficient (Wildman–Crippen LogP) is 3.18. The first kappa shape index (κ1) is 17.2. The van der Waals surface area contributed by atoms with Crippen LogP contribution in [0.5, 0.6) is 5.75 Å². The topological polar surface area (TPSA) is 60.2 Å². The summed E-state index contributed by atoms with van der Waals surface area (Å²) in [4.78, 5) is 14.2.